The molecule has 2 N–H and O–H groups in total. The number of nitrogens with one attached hydrogen (secondary N) is 2. The van der Waals surface area contributed by atoms with Crippen LogP contribution in [0.25, 0.3) is 0 Å². The van der Waals surface area contributed by atoms with Crippen LogP contribution in [0.1, 0.15) is 47.0 Å². The molecule has 1 aromatic heterocycles. The number of aryl methyl sites for hydroxylation is 1. The monoisotopic (exact) mass is 356 g/mol. The van der Waals surface area contributed by atoms with Crippen LogP contribution in [0, 0.1) is 0 Å². The molecule has 1 heterocycles. The van der Waals surface area contributed by atoms with Crippen molar-refractivity contribution in [1.82, 2.24) is 5.32 Å². The van der Waals surface area contributed by atoms with Crippen LogP contribution in [0.3, 0.4) is 0 Å². The van der Waals surface area contributed by atoms with Gasteiger partial charge in [-0.25, -0.2) is 4.79 Å². The minimum Gasteiger partial charge on any atom is -0.462 e. The van der Waals surface area contributed by atoms with Gasteiger partial charge in [-0.05, 0) is 56.8 Å². The Morgan fingerprint density at radius 3 is 2.87 bits per heavy atom. The molecule has 5 nitrogen and oxygen atoms in total. The molecule has 7 heteroatoms. The highest BCUT2D eigenvalue weighted by Crippen LogP contribution is 2.38. The van der Waals surface area contributed by atoms with Crippen LogP contribution in [0.2, 0.25) is 0 Å². The smallest absolute Gasteiger partial charge is 0.341 e. The highest BCUT2D eigenvalue weighted by Gasteiger charge is 2.26. The number of methoxy groups -OCH3 is 1. The Hall–Kier alpha value is -1.18. The maximum atomic E-state index is 12.3. The van der Waals surface area contributed by atoms with E-state index in [2.05, 4.69) is 10.6 Å². The Kier molecular flexibility index (Phi) is 7.26. The summed E-state index contributed by atoms with van der Waals surface area (Å²) in [6, 6.07) is 0. The zero-order chi connectivity index (χ0) is 16.7. The summed E-state index contributed by atoms with van der Waals surface area (Å²) in [6.45, 7) is 3.63. The van der Waals surface area contributed by atoms with Gasteiger partial charge in [0.05, 0.1) is 12.2 Å². The molecule has 1 aromatic rings. The van der Waals surface area contributed by atoms with Crippen molar-refractivity contribution in [3.8, 4) is 0 Å². The van der Waals surface area contributed by atoms with Gasteiger partial charge in [0.1, 0.15) is 5.00 Å². The zero-order valence-electron chi connectivity index (χ0n) is 13.7. The van der Waals surface area contributed by atoms with Crippen LogP contribution in [-0.4, -0.2) is 38.0 Å². The summed E-state index contributed by atoms with van der Waals surface area (Å²) in [4.78, 5) is 13.6. The second-order valence-electron chi connectivity index (χ2n) is 5.36. The molecule has 0 radical (unpaired) electrons. The lowest BCUT2D eigenvalue weighted by molar-refractivity contribution is 0.0526. The number of carbonyl (C=O) groups is 1. The second kappa shape index (κ2) is 9.20. The summed E-state index contributed by atoms with van der Waals surface area (Å²) in [5.41, 5.74) is 1.82. The summed E-state index contributed by atoms with van der Waals surface area (Å²) < 4.78 is 10.2. The number of ether oxygens (including phenoxy) is 2. The first kappa shape index (κ1) is 18.2. The van der Waals surface area contributed by atoms with Gasteiger partial charge in [-0.3, -0.25) is 0 Å². The molecule has 0 saturated heterocycles. The van der Waals surface area contributed by atoms with Gasteiger partial charge >= 0.3 is 5.97 Å². The number of rotatable bonds is 7. The van der Waals surface area contributed by atoms with E-state index in [0.717, 1.165) is 42.8 Å². The molecule has 0 aromatic carbocycles. The third kappa shape index (κ3) is 4.89. The number of fused-ring (bicyclic) bond motifs is 1. The van der Waals surface area contributed by atoms with E-state index in [1.165, 1.54) is 11.3 Å². The molecule has 0 atom stereocenters. The van der Waals surface area contributed by atoms with Gasteiger partial charge in [-0.2, -0.15) is 0 Å². The summed E-state index contributed by atoms with van der Waals surface area (Å²) in [5, 5.41) is 7.66. The largest absolute Gasteiger partial charge is 0.462 e. The fourth-order valence-corrected chi connectivity index (χ4v) is 4.19. The van der Waals surface area contributed by atoms with E-state index in [1.54, 1.807) is 18.4 Å². The lowest BCUT2D eigenvalue weighted by Crippen LogP contribution is -2.30. The number of anilines is 1. The molecular formula is C16H24N2O3S2. The quantitative estimate of drug-likeness (QED) is 0.445. The van der Waals surface area contributed by atoms with Gasteiger partial charge in [0.25, 0.3) is 0 Å². The molecule has 1 aliphatic carbocycles. The van der Waals surface area contributed by atoms with Crippen molar-refractivity contribution in [2.24, 2.45) is 0 Å². The summed E-state index contributed by atoms with van der Waals surface area (Å²) in [5.74, 6) is -0.253. The normalized spacial score (nSPS) is 13.3. The van der Waals surface area contributed by atoms with Crippen molar-refractivity contribution >= 4 is 39.6 Å². The van der Waals surface area contributed by atoms with Gasteiger partial charge in [-0.15, -0.1) is 11.3 Å². The maximum absolute atomic E-state index is 12.3. The van der Waals surface area contributed by atoms with E-state index >= 15 is 0 Å². The van der Waals surface area contributed by atoms with Gasteiger partial charge < -0.3 is 20.1 Å². The third-order valence-electron chi connectivity index (χ3n) is 3.69. The number of carbonyl (C=O) groups excluding carboxylic acids is 1. The number of thiophene rings is 1. The van der Waals surface area contributed by atoms with E-state index < -0.39 is 0 Å². The van der Waals surface area contributed by atoms with Crippen LogP contribution in [-0.2, 0) is 22.3 Å². The molecule has 23 heavy (non-hydrogen) atoms. The van der Waals surface area contributed by atoms with Gasteiger partial charge in [0.2, 0.25) is 0 Å². The first-order valence-corrected chi connectivity index (χ1v) is 9.25. The Morgan fingerprint density at radius 2 is 2.13 bits per heavy atom. The topological polar surface area (TPSA) is 59.6 Å². The van der Waals surface area contributed by atoms with Crippen LogP contribution in [0.15, 0.2) is 0 Å². The molecule has 0 spiro atoms. The van der Waals surface area contributed by atoms with E-state index in [-0.39, 0.29) is 5.97 Å². The summed E-state index contributed by atoms with van der Waals surface area (Å²) >= 11 is 6.95. The SMILES string of the molecule is CCOC(=O)c1c(NC(=S)NCCCOC)sc2c1CCCC2. The van der Waals surface area contributed by atoms with E-state index in [1.807, 2.05) is 6.92 Å². The van der Waals surface area contributed by atoms with Gasteiger partial charge in [0, 0.05) is 25.1 Å². The van der Waals surface area contributed by atoms with Crippen LogP contribution in [0.4, 0.5) is 5.00 Å². The molecule has 0 aliphatic heterocycles. The third-order valence-corrected chi connectivity index (χ3v) is 5.14. The van der Waals surface area contributed by atoms with Crippen molar-refractivity contribution in [2.45, 2.75) is 39.0 Å². The number of esters is 1. The van der Waals surface area contributed by atoms with Crippen molar-refractivity contribution < 1.29 is 14.3 Å². The zero-order valence-corrected chi connectivity index (χ0v) is 15.3. The average Bonchev–Trinajstić information content (AvgIpc) is 2.89. The molecule has 0 amide bonds. The molecule has 0 unspecified atom stereocenters. The molecule has 0 saturated carbocycles. The lowest BCUT2D eigenvalue weighted by Gasteiger charge is -2.13. The highest BCUT2D eigenvalue weighted by molar-refractivity contribution is 7.80. The highest BCUT2D eigenvalue weighted by atomic mass is 32.1. The summed E-state index contributed by atoms with van der Waals surface area (Å²) in [7, 11) is 1.68. The average molecular weight is 357 g/mol. The first-order chi connectivity index (χ1) is 11.2. The minimum atomic E-state index is -0.253. The van der Waals surface area contributed by atoms with Crippen LogP contribution in [0.5, 0.6) is 0 Å². The fourth-order valence-electron chi connectivity index (χ4n) is 2.64. The van der Waals surface area contributed by atoms with Gasteiger partial charge in [0.15, 0.2) is 5.11 Å². The summed E-state index contributed by atoms with van der Waals surface area (Å²) in [6.07, 6.45) is 5.14. The van der Waals surface area contributed by atoms with Crippen LogP contribution >= 0.6 is 23.6 Å². The fraction of sp³-hybridized carbons (Fsp3) is 0.625. The Bertz CT molecular complexity index is 558. The Balaban J connectivity index is 2.09. The Morgan fingerprint density at radius 1 is 1.35 bits per heavy atom. The first-order valence-electron chi connectivity index (χ1n) is 8.02. The number of thiocarbonyl (C=S) groups is 1. The van der Waals surface area contributed by atoms with Gasteiger partial charge in [-0.1, -0.05) is 0 Å². The predicted octanol–water partition coefficient (Wildman–Crippen LogP) is 3.13. The standard InChI is InChI=1S/C16H24N2O3S2/c1-3-21-15(19)13-11-7-4-5-8-12(11)23-14(13)18-16(22)17-9-6-10-20-2/h3-10H2,1-2H3,(H2,17,18,22). The van der Waals surface area contributed by atoms with Crippen molar-refractivity contribution in [2.75, 3.05) is 32.2 Å². The molecule has 1 aliphatic rings. The van der Waals surface area contributed by atoms with Crippen LogP contribution < -0.4 is 10.6 Å². The van der Waals surface area contributed by atoms with Crippen molar-refractivity contribution in [3.63, 3.8) is 0 Å². The van der Waals surface area contributed by atoms with E-state index in [9.17, 15) is 4.79 Å². The van der Waals surface area contributed by atoms with Crippen molar-refractivity contribution in [3.05, 3.63) is 16.0 Å². The second-order valence-corrected chi connectivity index (χ2v) is 6.88. The van der Waals surface area contributed by atoms with E-state index in [0.29, 0.717) is 23.9 Å². The van der Waals surface area contributed by atoms with Crippen molar-refractivity contribution in [1.29, 1.82) is 0 Å². The molecule has 2 rings (SSSR count). The maximum Gasteiger partial charge on any atom is 0.341 e. The predicted molar refractivity (Wildman–Crippen MR) is 97.6 cm³/mol. The minimum absolute atomic E-state index is 0.253. The molecular weight excluding hydrogens is 332 g/mol. The molecule has 0 bridgehead atoms. The van der Waals surface area contributed by atoms with E-state index in [4.69, 9.17) is 21.7 Å². The number of hydrogen-bond acceptors (Lipinski definition) is 5. The lowest BCUT2D eigenvalue weighted by atomic mass is 9.95. The molecule has 0 fully saturated rings. The Labute approximate surface area is 146 Å². The number of hydrogen-bond donors (Lipinski definition) is 2. The molecule has 128 valence electrons.